The highest BCUT2D eigenvalue weighted by atomic mass is 19.2. The summed E-state index contributed by atoms with van der Waals surface area (Å²) >= 11 is 0. The molecule has 2 nitrogen and oxygen atoms in total. The lowest BCUT2D eigenvalue weighted by molar-refractivity contribution is 0.173. The van der Waals surface area contributed by atoms with E-state index in [0.717, 1.165) is 30.6 Å². The molecule has 0 amide bonds. The number of halogens is 2. The molecule has 4 heteroatoms. The summed E-state index contributed by atoms with van der Waals surface area (Å²) in [5, 5.41) is 0. The van der Waals surface area contributed by atoms with E-state index in [9.17, 15) is 8.78 Å². The molecule has 0 bridgehead atoms. The standard InChI is InChI=1S/C30H46F2O2/c1-3-5-6-9-23-12-14-24(15-13-23)10-7-8-11-25-16-18-26(19-17-25)22-34-28-21-20-27(33-4-2)29(31)30(28)32/h7,10,20-21,23-26H,3-6,8-9,11-19,22H2,1-2H3/b10-7+. The monoisotopic (exact) mass is 476 g/mol. The van der Waals surface area contributed by atoms with Gasteiger partial charge < -0.3 is 9.47 Å². The molecule has 0 aliphatic heterocycles. The van der Waals surface area contributed by atoms with Gasteiger partial charge in [0.15, 0.2) is 11.5 Å². The highest BCUT2D eigenvalue weighted by Crippen LogP contribution is 2.35. The quantitative estimate of drug-likeness (QED) is 0.209. The molecule has 2 aliphatic rings. The number of hydrogen-bond acceptors (Lipinski definition) is 2. The number of ether oxygens (including phenoxy) is 2. The summed E-state index contributed by atoms with van der Waals surface area (Å²) in [5.41, 5.74) is 0. The van der Waals surface area contributed by atoms with E-state index in [-0.39, 0.29) is 11.5 Å². The van der Waals surface area contributed by atoms with Gasteiger partial charge in [-0.1, -0.05) is 57.6 Å². The Morgan fingerprint density at radius 3 is 2.00 bits per heavy atom. The van der Waals surface area contributed by atoms with Crippen LogP contribution in [0.1, 0.15) is 104 Å². The first-order valence-electron chi connectivity index (χ1n) is 14.0. The molecular weight excluding hydrogens is 430 g/mol. The van der Waals surface area contributed by atoms with E-state index in [0.29, 0.717) is 19.1 Å². The van der Waals surface area contributed by atoms with Crippen molar-refractivity contribution in [3.05, 3.63) is 35.9 Å². The highest BCUT2D eigenvalue weighted by Gasteiger charge is 2.23. The molecule has 1 aromatic carbocycles. The molecule has 192 valence electrons. The molecule has 2 fully saturated rings. The fourth-order valence-electron chi connectivity index (χ4n) is 5.76. The third kappa shape index (κ3) is 8.57. The molecule has 0 aromatic heterocycles. The van der Waals surface area contributed by atoms with Crippen LogP contribution in [0.2, 0.25) is 0 Å². The van der Waals surface area contributed by atoms with E-state index < -0.39 is 11.6 Å². The summed E-state index contributed by atoms with van der Waals surface area (Å²) in [6, 6.07) is 2.92. The lowest BCUT2D eigenvalue weighted by Crippen LogP contribution is -2.20. The van der Waals surface area contributed by atoms with Gasteiger partial charge in [0.25, 0.3) is 0 Å². The number of unbranched alkanes of at least 4 members (excludes halogenated alkanes) is 2. The molecule has 0 unspecified atom stereocenters. The summed E-state index contributed by atoms with van der Waals surface area (Å²) < 4.78 is 39.0. The van der Waals surface area contributed by atoms with Crippen molar-refractivity contribution in [1.82, 2.24) is 0 Å². The lowest BCUT2D eigenvalue weighted by Gasteiger charge is -2.28. The maximum Gasteiger partial charge on any atom is 0.204 e. The second kappa shape index (κ2) is 14.7. The summed E-state index contributed by atoms with van der Waals surface area (Å²) in [6.45, 7) is 4.79. The SMILES string of the molecule is CCCCCC1CCC(/C=C/CCC2CCC(COc3ccc(OCC)c(F)c3F)CC2)CC1. The second-order valence-corrected chi connectivity index (χ2v) is 10.6. The smallest absolute Gasteiger partial charge is 0.204 e. The van der Waals surface area contributed by atoms with Gasteiger partial charge in [0.1, 0.15) is 0 Å². The first-order chi connectivity index (χ1) is 16.6. The van der Waals surface area contributed by atoms with Crippen LogP contribution in [0.25, 0.3) is 0 Å². The molecule has 2 saturated carbocycles. The third-order valence-corrected chi connectivity index (χ3v) is 8.01. The zero-order valence-corrected chi connectivity index (χ0v) is 21.5. The van der Waals surface area contributed by atoms with Crippen LogP contribution in [0, 0.1) is 35.3 Å². The largest absolute Gasteiger partial charge is 0.491 e. The van der Waals surface area contributed by atoms with Gasteiger partial charge >= 0.3 is 0 Å². The molecule has 0 saturated heterocycles. The number of benzene rings is 1. The van der Waals surface area contributed by atoms with Gasteiger partial charge in [0, 0.05) is 0 Å². The fraction of sp³-hybridized carbons (Fsp3) is 0.733. The molecule has 0 radical (unpaired) electrons. The molecule has 0 atom stereocenters. The van der Waals surface area contributed by atoms with Crippen LogP contribution in [0.4, 0.5) is 8.78 Å². The maximum absolute atomic E-state index is 14.2. The van der Waals surface area contributed by atoms with E-state index in [1.54, 1.807) is 6.92 Å². The maximum atomic E-state index is 14.2. The van der Waals surface area contributed by atoms with Gasteiger partial charge in [0.05, 0.1) is 13.2 Å². The van der Waals surface area contributed by atoms with Gasteiger partial charge in [0.2, 0.25) is 11.6 Å². The van der Waals surface area contributed by atoms with E-state index in [4.69, 9.17) is 9.47 Å². The fourth-order valence-corrected chi connectivity index (χ4v) is 5.76. The van der Waals surface area contributed by atoms with Gasteiger partial charge in [-0.25, -0.2) is 0 Å². The zero-order valence-electron chi connectivity index (χ0n) is 21.5. The summed E-state index contributed by atoms with van der Waals surface area (Å²) in [7, 11) is 0. The molecule has 0 heterocycles. The molecule has 34 heavy (non-hydrogen) atoms. The van der Waals surface area contributed by atoms with Crippen molar-refractivity contribution in [2.45, 2.75) is 104 Å². The van der Waals surface area contributed by atoms with Crippen molar-refractivity contribution >= 4 is 0 Å². The Labute approximate surface area is 206 Å². The molecule has 0 spiro atoms. The van der Waals surface area contributed by atoms with Crippen molar-refractivity contribution < 1.29 is 18.3 Å². The molecule has 3 rings (SSSR count). The number of hydrogen-bond donors (Lipinski definition) is 0. The Bertz CT molecular complexity index is 732. The number of allylic oxidation sites excluding steroid dienone is 2. The predicted molar refractivity (Wildman–Crippen MR) is 136 cm³/mol. The van der Waals surface area contributed by atoms with Crippen molar-refractivity contribution in [2.75, 3.05) is 13.2 Å². The lowest BCUT2D eigenvalue weighted by atomic mass is 9.79. The minimum absolute atomic E-state index is 0.0109. The van der Waals surface area contributed by atoms with E-state index in [2.05, 4.69) is 19.1 Å². The molecule has 0 N–H and O–H groups in total. The number of rotatable bonds is 13. The first kappa shape index (κ1) is 27.0. The Hall–Kier alpha value is -1.58. The van der Waals surface area contributed by atoms with E-state index in [1.165, 1.54) is 89.2 Å². The van der Waals surface area contributed by atoms with Crippen molar-refractivity contribution in [2.24, 2.45) is 23.7 Å². The van der Waals surface area contributed by atoms with Crippen LogP contribution in [0.5, 0.6) is 11.5 Å². The predicted octanol–water partition coefficient (Wildman–Crippen LogP) is 9.27. The Morgan fingerprint density at radius 2 is 1.35 bits per heavy atom. The third-order valence-electron chi connectivity index (χ3n) is 8.01. The molecular formula is C30H46F2O2. The van der Waals surface area contributed by atoms with Crippen LogP contribution in [-0.4, -0.2) is 13.2 Å². The van der Waals surface area contributed by atoms with E-state index in [1.807, 2.05) is 0 Å². The van der Waals surface area contributed by atoms with Crippen LogP contribution >= 0.6 is 0 Å². The summed E-state index contributed by atoms with van der Waals surface area (Å²) in [5.74, 6) is 1.03. The Balaban J connectivity index is 1.28. The minimum Gasteiger partial charge on any atom is -0.491 e. The Morgan fingerprint density at radius 1 is 0.765 bits per heavy atom. The van der Waals surface area contributed by atoms with Gasteiger partial charge in [-0.15, -0.1) is 0 Å². The van der Waals surface area contributed by atoms with Crippen LogP contribution in [0.3, 0.4) is 0 Å². The van der Waals surface area contributed by atoms with Crippen LogP contribution in [-0.2, 0) is 0 Å². The summed E-state index contributed by atoms with van der Waals surface area (Å²) in [4.78, 5) is 0. The zero-order chi connectivity index (χ0) is 24.2. The average Bonchev–Trinajstić information content (AvgIpc) is 2.86. The summed E-state index contributed by atoms with van der Waals surface area (Å²) in [6.07, 6.45) is 23.3. The van der Waals surface area contributed by atoms with Gasteiger partial charge in [-0.2, -0.15) is 8.78 Å². The van der Waals surface area contributed by atoms with Crippen LogP contribution in [0.15, 0.2) is 24.3 Å². The van der Waals surface area contributed by atoms with E-state index >= 15 is 0 Å². The normalized spacial score (nSPS) is 25.5. The second-order valence-electron chi connectivity index (χ2n) is 10.6. The van der Waals surface area contributed by atoms with Gasteiger partial charge in [-0.3, -0.25) is 0 Å². The van der Waals surface area contributed by atoms with Gasteiger partial charge in [-0.05, 0) is 94.1 Å². The topological polar surface area (TPSA) is 18.5 Å². The first-order valence-corrected chi connectivity index (χ1v) is 14.0. The average molecular weight is 477 g/mol. The highest BCUT2D eigenvalue weighted by molar-refractivity contribution is 5.35. The molecule has 1 aromatic rings. The van der Waals surface area contributed by atoms with Crippen molar-refractivity contribution in [1.29, 1.82) is 0 Å². The Kier molecular flexibility index (Phi) is 11.7. The van der Waals surface area contributed by atoms with Crippen molar-refractivity contribution in [3.63, 3.8) is 0 Å². The van der Waals surface area contributed by atoms with Crippen LogP contribution < -0.4 is 9.47 Å². The van der Waals surface area contributed by atoms with Crippen molar-refractivity contribution in [3.8, 4) is 11.5 Å². The molecule has 2 aliphatic carbocycles. The minimum atomic E-state index is -0.962.